The Kier molecular flexibility index (Phi) is 1.64. The molecule has 0 unspecified atom stereocenters. The number of benzene rings is 2. The summed E-state index contributed by atoms with van der Waals surface area (Å²) in [6.45, 7) is 0. The minimum Gasteiger partial charge on any atom is -0.288 e. The van der Waals surface area contributed by atoms with Crippen molar-refractivity contribution in [3.8, 4) is 0 Å². The molecule has 3 nitrogen and oxygen atoms in total. The van der Waals surface area contributed by atoms with E-state index in [0.717, 1.165) is 28.3 Å². The smallest absolute Gasteiger partial charge is 0.258 e. The number of aromatic nitrogens is 1. The van der Waals surface area contributed by atoms with E-state index in [9.17, 15) is 9.59 Å². The maximum absolute atomic E-state index is 12.0. The van der Waals surface area contributed by atoms with Gasteiger partial charge in [0.15, 0.2) is 0 Å². The molecule has 3 heteroatoms. The molecule has 0 fully saturated rings. The van der Waals surface area contributed by atoms with Gasteiger partial charge in [0.05, 0.1) is 0 Å². The second kappa shape index (κ2) is 3.07. The van der Waals surface area contributed by atoms with Crippen LogP contribution in [-0.4, -0.2) is 4.98 Å². The molecular weight excluding hydrogens is 226 g/mol. The molecule has 1 aromatic heterocycles. The maximum Gasteiger partial charge on any atom is 0.258 e. The Morgan fingerprint density at radius 2 is 1.28 bits per heavy atom. The minimum atomic E-state index is -0.305. The van der Waals surface area contributed by atoms with Crippen LogP contribution in [-0.2, 0) is 6.42 Å². The molecule has 0 saturated heterocycles. The molecule has 18 heavy (non-hydrogen) atoms. The molecule has 1 heterocycles. The van der Waals surface area contributed by atoms with Gasteiger partial charge in [0.25, 0.3) is 11.1 Å². The van der Waals surface area contributed by atoms with Gasteiger partial charge < -0.3 is 0 Å². The number of H-pyrrole nitrogens is 1. The van der Waals surface area contributed by atoms with E-state index in [1.807, 2.05) is 24.3 Å². The summed E-state index contributed by atoms with van der Waals surface area (Å²) in [6, 6.07) is 11.3. The lowest BCUT2D eigenvalue weighted by Crippen LogP contribution is -2.14. The van der Waals surface area contributed by atoms with Crippen LogP contribution in [0.2, 0.25) is 0 Å². The Bertz CT molecular complexity index is 863. The number of nitrogens with one attached hydrogen (secondary N) is 1. The molecule has 4 rings (SSSR count). The third kappa shape index (κ3) is 1.03. The van der Waals surface area contributed by atoms with Crippen molar-refractivity contribution < 1.29 is 0 Å². The highest BCUT2D eigenvalue weighted by molar-refractivity contribution is 6.11. The van der Waals surface area contributed by atoms with Crippen molar-refractivity contribution in [3.63, 3.8) is 0 Å². The Balaban J connectivity index is 2.55. The zero-order valence-corrected chi connectivity index (χ0v) is 9.49. The maximum atomic E-state index is 12.0. The fourth-order valence-corrected chi connectivity index (χ4v) is 2.91. The van der Waals surface area contributed by atoms with Gasteiger partial charge in [-0.25, -0.2) is 0 Å². The summed E-state index contributed by atoms with van der Waals surface area (Å²) in [7, 11) is 0. The van der Waals surface area contributed by atoms with Crippen LogP contribution >= 0.6 is 0 Å². The van der Waals surface area contributed by atoms with Gasteiger partial charge in [0, 0.05) is 10.8 Å². The molecule has 0 spiro atoms. The average molecular weight is 235 g/mol. The highest BCUT2D eigenvalue weighted by Crippen LogP contribution is 2.34. The first-order valence-corrected chi connectivity index (χ1v) is 5.85. The van der Waals surface area contributed by atoms with E-state index < -0.39 is 0 Å². The quantitative estimate of drug-likeness (QED) is 0.506. The van der Waals surface area contributed by atoms with E-state index in [0.29, 0.717) is 10.8 Å². The number of aromatic amines is 1. The average Bonchev–Trinajstić information content (AvgIpc) is 2.71. The summed E-state index contributed by atoms with van der Waals surface area (Å²) in [4.78, 5) is 26.5. The van der Waals surface area contributed by atoms with Crippen molar-refractivity contribution >= 4 is 21.5 Å². The molecule has 0 atom stereocenters. The summed E-state index contributed by atoms with van der Waals surface area (Å²) in [5.41, 5.74) is 1.64. The molecular formula is C15H9NO2. The summed E-state index contributed by atoms with van der Waals surface area (Å²) in [5, 5.41) is 3.08. The molecule has 1 N–H and O–H groups in total. The standard InChI is InChI=1S/C15H9NO2/c17-14-10-5-1-3-8-7-9-4-2-6-11(15(18)16-14)13(9)12(8)10/h1-6H,7H2,(H,16,17,18). The first-order chi connectivity index (χ1) is 8.75. The third-order valence-corrected chi connectivity index (χ3v) is 3.65. The zero-order valence-electron chi connectivity index (χ0n) is 9.49. The second-order valence-corrected chi connectivity index (χ2v) is 4.64. The topological polar surface area (TPSA) is 49.9 Å². The second-order valence-electron chi connectivity index (χ2n) is 4.64. The van der Waals surface area contributed by atoms with Crippen molar-refractivity contribution in [2.75, 3.05) is 0 Å². The predicted octanol–water partition coefficient (Wildman–Crippen LogP) is 1.95. The molecule has 1 aliphatic carbocycles. The van der Waals surface area contributed by atoms with Gasteiger partial charge in [-0.1, -0.05) is 24.3 Å². The highest BCUT2D eigenvalue weighted by atomic mass is 16.2. The van der Waals surface area contributed by atoms with Gasteiger partial charge in [-0.3, -0.25) is 14.6 Å². The Labute approximate surface area is 102 Å². The molecule has 0 radical (unpaired) electrons. The van der Waals surface area contributed by atoms with Crippen LogP contribution < -0.4 is 11.1 Å². The minimum absolute atomic E-state index is 0.305. The molecule has 0 amide bonds. The van der Waals surface area contributed by atoms with Crippen molar-refractivity contribution in [2.45, 2.75) is 6.42 Å². The normalized spacial score (nSPS) is 12.7. The van der Waals surface area contributed by atoms with Crippen LogP contribution in [0.25, 0.3) is 21.5 Å². The van der Waals surface area contributed by atoms with Crippen LogP contribution in [0.5, 0.6) is 0 Å². The van der Waals surface area contributed by atoms with Crippen LogP contribution in [0.3, 0.4) is 0 Å². The van der Waals surface area contributed by atoms with Crippen molar-refractivity contribution in [2.24, 2.45) is 0 Å². The Morgan fingerprint density at radius 1 is 0.778 bits per heavy atom. The fraction of sp³-hybridized carbons (Fsp3) is 0.0667. The molecule has 0 bridgehead atoms. The van der Waals surface area contributed by atoms with E-state index in [1.54, 1.807) is 12.1 Å². The van der Waals surface area contributed by atoms with Crippen LogP contribution in [0, 0.1) is 0 Å². The molecule has 3 aromatic rings. The summed E-state index contributed by atoms with van der Waals surface area (Å²) >= 11 is 0. The number of rotatable bonds is 0. The summed E-state index contributed by atoms with van der Waals surface area (Å²) in [6.07, 6.45) is 0.799. The van der Waals surface area contributed by atoms with Crippen molar-refractivity contribution in [3.05, 3.63) is 68.2 Å². The summed E-state index contributed by atoms with van der Waals surface area (Å²) < 4.78 is 0. The van der Waals surface area contributed by atoms with Crippen LogP contribution in [0.1, 0.15) is 11.1 Å². The van der Waals surface area contributed by atoms with Gasteiger partial charge in [-0.2, -0.15) is 0 Å². The number of hydrogen-bond acceptors (Lipinski definition) is 2. The van der Waals surface area contributed by atoms with E-state index in [2.05, 4.69) is 4.98 Å². The molecule has 0 aliphatic heterocycles. The largest absolute Gasteiger partial charge is 0.288 e. The monoisotopic (exact) mass is 235 g/mol. The van der Waals surface area contributed by atoms with E-state index in [1.165, 1.54) is 0 Å². The van der Waals surface area contributed by atoms with Crippen molar-refractivity contribution in [1.82, 2.24) is 4.98 Å². The first-order valence-electron chi connectivity index (χ1n) is 5.85. The van der Waals surface area contributed by atoms with Gasteiger partial charge in [-0.15, -0.1) is 0 Å². The van der Waals surface area contributed by atoms with Crippen molar-refractivity contribution in [1.29, 1.82) is 0 Å². The molecule has 86 valence electrons. The van der Waals surface area contributed by atoms with Crippen LogP contribution in [0.4, 0.5) is 0 Å². The lowest BCUT2D eigenvalue weighted by Gasteiger charge is -1.94. The van der Waals surface area contributed by atoms with Gasteiger partial charge in [0.1, 0.15) is 0 Å². The predicted molar refractivity (Wildman–Crippen MR) is 71.2 cm³/mol. The van der Waals surface area contributed by atoms with E-state index in [4.69, 9.17) is 0 Å². The van der Waals surface area contributed by atoms with Gasteiger partial charge in [-0.05, 0) is 40.5 Å². The van der Waals surface area contributed by atoms with E-state index in [-0.39, 0.29) is 11.1 Å². The fourth-order valence-electron chi connectivity index (χ4n) is 2.91. The summed E-state index contributed by atoms with van der Waals surface area (Å²) in [5.74, 6) is 0. The first kappa shape index (κ1) is 9.59. The van der Waals surface area contributed by atoms with Gasteiger partial charge in [0.2, 0.25) is 0 Å². The SMILES string of the molecule is O=c1[nH]c(=O)c2cccc3c2c2c(cccc12)C3. The molecule has 2 aromatic carbocycles. The number of hydrogen-bond donors (Lipinski definition) is 1. The van der Waals surface area contributed by atoms with Crippen LogP contribution in [0.15, 0.2) is 46.0 Å². The molecule has 1 aliphatic rings. The lowest BCUT2D eigenvalue weighted by atomic mass is 10.1. The molecule has 0 saturated carbocycles. The van der Waals surface area contributed by atoms with E-state index >= 15 is 0 Å². The lowest BCUT2D eigenvalue weighted by molar-refractivity contribution is 1.22. The van der Waals surface area contributed by atoms with Gasteiger partial charge >= 0.3 is 0 Å². The zero-order chi connectivity index (χ0) is 12.3. The third-order valence-electron chi connectivity index (χ3n) is 3.65. The Morgan fingerprint density at radius 3 is 1.78 bits per heavy atom. The highest BCUT2D eigenvalue weighted by Gasteiger charge is 2.18. The Hall–Kier alpha value is -2.42.